The molecule has 2 aromatic carbocycles. The summed E-state index contributed by atoms with van der Waals surface area (Å²) in [6, 6.07) is 12.0. The number of rotatable bonds is 6. The molecule has 0 radical (unpaired) electrons. The summed E-state index contributed by atoms with van der Waals surface area (Å²) >= 11 is 0. The van der Waals surface area contributed by atoms with E-state index in [2.05, 4.69) is 20.8 Å². The molecule has 2 bridgehead atoms. The van der Waals surface area contributed by atoms with E-state index in [4.69, 9.17) is 4.74 Å². The Morgan fingerprint density at radius 2 is 1.65 bits per heavy atom. The minimum Gasteiger partial charge on any atom is -0.463 e. The SMILES string of the molecule is CCOC(=O)C1=C(C)N(Cc2ccc(C(=O)N3CC4(C)CC3CC(C)(C)C4)cc2)C(=O)CC1c1ccc(C(F)(F)F)cc1. The highest BCUT2D eigenvalue weighted by Crippen LogP contribution is 2.52. The van der Waals surface area contributed by atoms with Gasteiger partial charge in [-0.25, -0.2) is 4.79 Å². The summed E-state index contributed by atoms with van der Waals surface area (Å²) in [4.78, 5) is 43.5. The minimum atomic E-state index is -4.49. The highest BCUT2D eigenvalue weighted by Gasteiger charge is 2.51. The zero-order valence-corrected chi connectivity index (χ0v) is 25.4. The van der Waals surface area contributed by atoms with Crippen LogP contribution < -0.4 is 0 Å². The monoisotopic (exact) mass is 596 g/mol. The molecule has 1 saturated heterocycles. The van der Waals surface area contributed by atoms with Gasteiger partial charge in [0.1, 0.15) is 0 Å². The number of alkyl halides is 3. The number of hydrogen-bond acceptors (Lipinski definition) is 4. The Hall–Kier alpha value is -3.62. The first-order valence-electron chi connectivity index (χ1n) is 14.9. The van der Waals surface area contributed by atoms with E-state index in [1.807, 2.05) is 17.0 Å². The average Bonchev–Trinajstić information content (AvgIpc) is 3.18. The Bertz CT molecular complexity index is 1450. The molecule has 1 saturated carbocycles. The summed E-state index contributed by atoms with van der Waals surface area (Å²) in [5.41, 5.74) is 2.02. The molecular weight excluding hydrogens is 557 g/mol. The molecule has 2 aliphatic heterocycles. The first-order valence-corrected chi connectivity index (χ1v) is 14.9. The lowest BCUT2D eigenvalue weighted by Gasteiger charge is -2.39. The first kappa shape index (κ1) is 30.8. The predicted molar refractivity (Wildman–Crippen MR) is 156 cm³/mol. The Balaban J connectivity index is 1.36. The van der Waals surface area contributed by atoms with Crippen LogP contribution in [0.15, 0.2) is 59.8 Å². The molecule has 2 heterocycles. The summed E-state index contributed by atoms with van der Waals surface area (Å²) in [6.45, 7) is 11.2. The highest BCUT2D eigenvalue weighted by molar-refractivity contribution is 5.96. The lowest BCUT2D eigenvalue weighted by molar-refractivity contribution is -0.140. The van der Waals surface area contributed by atoms with Crippen molar-refractivity contribution in [3.63, 3.8) is 0 Å². The third-order valence-electron chi connectivity index (χ3n) is 9.18. The molecule has 6 nitrogen and oxygen atoms in total. The summed E-state index contributed by atoms with van der Waals surface area (Å²) in [5.74, 6) is -1.56. The Morgan fingerprint density at radius 1 is 1.00 bits per heavy atom. The van der Waals surface area contributed by atoms with Crippen LogP contribution in [0.4, 0.5) is 13.2 Å². The zero-order chi connectivity index (χ0) is 31.3. The molecule has 9 heteroatoms. The minimum absolute atomic E-state index is 0.0204. The smallest absolute Gasteiger partial charge is 0.416 e. The van der Waals surface area contributed by atoms with E-state index >= 15 is 0 Å². The number of esters is 1. The van der Waals surface area contributed by atoms with Gasteiger partial charge in [0.25, 0.3) is 5.91 Å². The van der Waals surface area contributed by atoms with E-state index in [1.165, 1.54) is 17.0 Å². The largest absolute Gasteiger partial charge is 0.463 e. The van der Waals surface area contributed by atoms with Crippen molar-refractivity contribution in [2.24, 2.45) is 10.8 Å². The molecule has 3 atom stereocenters. The molecule has 43 heavy (non-hydrogen) atoms. The number of fused-ring (bicyclic) bond motifs is 2. The number of allylic oxidation sites excluding steroid dienone is 1. The average molecular weight is 597 g/mol. The van der Waals surface area contributed by atoms with Gasteiger partial charge in [-0.3, -0.25) is 9.59 Å². The lowest BCUT2D eigenvalue weighted by Crippen LogP contribution is -2.38. The molecule has 230 valence electrons. The van der Waals surface area contributed by atoms with E-state index in [-0.39, 0.29) is 53.8 Å². The number of ether oxygens (including phenoxy) is 1. The lowest BCUT2D eigenvalue weighted by atomic mass is 9.65. The second kappa shape index (κ2) is 11.1. The van der Waals surface area contributed by atoms with E-state index in [0.29, 0.717) is 16.8 Å². The van der Waals surface area contributed by atoms with Crippen LogP contribution in [0.3, 0.4) is 0 Å². The summed E-state index contributed by atoms with van der Waals surface area (Å²) in [5, 5.41) is 0. The zero-order valence-electron chi connectivity index (χ0n) is 25.4. The van der Waals surface area contributed by atoms with E-state index < -0.39 is 23.6 Å². The normalized spacial score (nSPS) is 25.3. The third-order valence-corrected chi connectivity index (χ3v) is 9.18. The Morgan fingerprint density at radius 3 is 2.26 bits per heavy atom. The van der Waals surface area contributed by atoms with Crippen LogP contribution in [0, 0.1) is 10.8 Å². The second-order valence-electron chi connectivity index (χ2n) is 13.4. The molecule has 2 fully saturated rings. The van der Waals surface area contributed by atoms with E-state index in [9.17, 15) is 27.6 Å². The molecule has 2 amide bonds. The molecule has 0 spiro atoms. The van der Waals surface area contributed by atoms with Gasteiger partial charge in [0, 0.05) is 36.2 Å². The number of carbonyl (C=O) groups excluding carboxylic acids is 3. The van der Waals surface area contributed by atoms with Crippen LogP contribution in [-0.4, -0.2) is 46.8 Å². The van der Waals surface area contributed by atoms with Crippen molar-refractivity contribution in [1.82, 2.24) is 9.80 Å². The predicted octanol–water partition coefficient (Wildman–Crippen LogP) is 7.10. The second-order valence-corrected chi connectivity index (χ2v) is 13.4. The van der Waals surface area contributed by atoms with Crippen LogP contribution >= 0.6 is 0 Å². The van der Waals surface area contributed by atoms with Gasteiger partial charge in [0.15, 0.2) is 0 Å². The number of halogens is 3. The van der Waals surface area contributed by atoms with Crippen LogP contribution in [0.2, 0.25) is 0 Å². The number of likely N-dealkylation sites (tertiary alicyclic amines) is 1. The fraction of sp³-hybridized carbons (Fsp3) is 0.500. The molecule has 0 N–H and O–H groups in total. The van der Waals surface area contributed by atoms with Gasteiger partial charge in [-0.05, 0) is 79.3 Å². The highest BCUT2D eigenvalue weighted by atomic mass is 19.4. The van der Waals surface area contributed by atoms with Gasteiger partial charge in [-0.2, -0.15) is 13.2 Å². The van der Waals surface area contributed by atoms with Crippen molar-refractivity contribution in [3.8, 4) is 0 Å². The first-order chi connectivity index (χ1) is 20.1. The summed E-state index contributed by atoms with van der Waals surface area (Å²) in [7, 11) is 0. The third kappa shape index (κ3) is 6.22. The van der Waals surface area contributed by atoms with Crippen molar-refractivity contribution in [1.29, 1.82) is 0 Å². The molecule has 5 rings (SSSR count). The maximum atomic E-state index is 13.5. The number of carbonyl (C=O) groups is 3. The molecule has 3 aliphatic rings. The number of nitrogens with zero attached hydrogens (tertiary/aromatic N) is 2. The maximum absolute atomic E-state index is 13.5. The fourth-order valence-corrected chi connectivity index (χ4v) is 7.66. The topological polar surface area (TPSA) is 66.9 Å². The van der Waals surface area contributed by atoms with Gasteiger partial charge < -0.3 is 14.5 Å². The van der Waals surface area contributed by atoms with Gasteiger partial charge >= 0.3 is 12.1 Å². The summed E-state index contributed by atoms with van der Waals surface area (Å²) < 4.78 is 44.7. The number of hydrogen-bond donors (Lipinski definition) is 0. The Labute approximate surface area is 250 Å². The van der Waals surface area contributed by atoms with Crippen molar-refractivity contribution < 1.29 is 32.3 Å². The molecular formula is C34H39F3N2O4. The number of benzene rings is 2. The molecule has 1 aliphatic carbocycles. The van der Waals surface area contributed by atoms with Gasteiger partial charge in [0.05, 0.1) is 24.3 Å². The van der Waals surface area contributed by atoms with E-state index in [0.717, 1.165) is 43.5 Å². The van der Waals surface area contributed by atoms with Crippen molar-refractivity contribution in [2.45, 2.75) is 85.0 Å². The van der Waals surface area contributed by atoms with Gasteiger partial charge in [-0.15, -0.1) is 0 Å². The van der Waals surface area contributed by atoms with Crippen LogP contribution in [0.1, 0.15) is 93.3 Å². The van der Waals surface area contributed by atoms with Crippen LogP contribution in [0.25, 0.3) is 0 Å². The molecule has 0 aromatic heterocycles. The van der Waals surface area contributed by atoms with Crippen molar-refractivity contribution in [3.05, 3.63) is 82.1 Å². The van der Waals surface area contributed by atoms with Gasteiger partial charge in [-0.1, -0.05) is 45.0 Å². The molecule has 2 aromatic rings. The number of amides is 2. The maximum Gasteiger partial charge on any atom is 0.416 e. The quantitative estimate of drug-likeness (QED) is 0.334. The van der Waals surface area contributed by atoms with Crippen molar-refractivity contribution >= 4 is 17.8 Å². The van der Waals surface area contributed by atoms with Crippen LogP contribution in [0.5, 0.6) is 0 Å². The van der Waals surface area contributed by atoms with Gasteiger partial charge in [0.2, 0.25) is 5.91 Å². The van der Waals surface area contributed by atoms with Crippen LogP contribution in [-0.2, 0) is 27.0 Å². The van der Waals surface area contributed by atoms with Crippen molar-refractivity contribution in [2.75, 3.05) is 13.2 Å². The standard InChI is InChI=1S/C34H39F3N2O4/c1-6-43-31(42)29-21(2)38(28(40)15-27(29)23-11-13-25(14-12-23)34(35,36)37)18-22-7-9-24(10-8-22)30(41)39-20-33(5)17-26(39)16-32(3,4)19-33/h7-14,26-27H,6,15-20H2,1-5H3. The van der Waals surface area contributed by atoms with E-state index in [1.54, 1.807) is 26.0 Å². The molecule has 3 unspecified atom stereocenters. The summed E-state index contributed by atoms with van der Waals surface area (Å²) in [6.07, 6.45) is -1.46. The fourth-order valence-electron chi connectivity index (χ4n) is 7.66. The Kier molecular flexibility index (Phi) is 7.99.